The van der Waals surface area contributed by atoms with Gasteiger partial charge in [-0.2, -0.15) is 0 Å². The van der Waals surface area contributed by atoms with Gasteiger partial charge in [0, 0.05) is 16.1 Å². The van der Waals surface area contributed by atoms with E-state index in [1.54, 1.807) is 19.1 Å². The van der Waals surface area contributed by atoms with Crippen molar-refractivity contribution < 1.29 is 9.84 Å². The number of rotatable bonds is 2. The fourth-order valence-corrected chi connectivity index (χ4v) is 1.55. The molecule has 0 amide bonds. The summed E-state index contributed by atoms with van der Waals surface area (Å²) in [5.74, 6) is 0.544. The second kappa shape index (κ2) is 5.44. The third-order valence-electron chi connectivity index (χ3n) is 1.78. The number of halogens is 2. The van der Waals surface area contributed by atoms with Crippen LogP contribution in [0, 0.1) is 0 Å². The predicted octanol–water partition coefficient (Wildman–Crippen LogP) is 2.60. The lowest BCUT2D eigenvalue weighted by molar-refractivity contribution is 0.369. The molecule has 0 radical (unpaired) electrons. The summed E-state index contributed by atoms with van der Waals surface area (Å²) in [6.45, 7) is 1.81. The maximum Gasteiger partial charge on any atom is 0.162 e. The molecule has 5 heteroatoms. The van der Waals surface area contributed by atoms with Crippen molar-refractivity contribution in [1.29, 1.82) is 0 Å². The van der Waals surface area contributed by atoms with Crippen LogP contribution in [-0.2, 0) is 0 Å². The van der Waals surface area contributed by atoms with Crippen molar-refractivity contribution in [2.45, 2.75) is 13.0 Å². The molecule has 0 spiro atoms. The monoisotopic (exact) mass is 281 g/mol. The van der Waals surface area contributed by atoms with Crippen molar-refractivity contribution in [3.63, 3.8) is 0 Å². The second-order valence-corrected chi connectivity index (χ2v) is 3.75. The molecule has 0 fully saturated rings. The first-order valence-corrected chi connectivity index (χ1v) is 4.67. The Balaban J connectivity index is 0.00000169. The van der Waals surface area contributed by atoms with Crippen LogP contribution >= 0.6 is 28.3 Å². The van der Waals surface area contributed by atoms with Crippen LogP contribution in [0.1, 0.15) is 18.5 Å². The average Bonchev–Trinajstić information content (AvgIpc) is 2.08. The molecule has 0 aromatic heterocycles. The number of aromatic hydroxyl groups is 1. The topological polar surface area (TPSA) is 55.5 Å². The number of methoxy groups -OCH3 is 1. The quantitative estimate of drug-likeness (QED) is 0.876. The first-order chi connectivity index (χ1) is 6.06. The van der Waals surface area contributed by atoms with Crippen LogP contribution in [0.4, 0.5) is 0 Å². The number of hydrogen-bond donors (Lipinski definition) is 2. The summed E-state index contributed by atoms with van der Waals surface area (Å²) in [5, 5.41) is 9.66. The van der Waals surface area contributed by atoms with E-state index >= 15 is 0 Å². The molecule has 80 valence electrons. The van der Waals surface area contributed by atoms with Crippen molar-refractivity contribution in [2.24, 2.45) is 5.73 Å². The molecule has 0 aliphatic heterocycles. The van der Waals surface area contributed by atoms with E-state index in [2.05, 4.69) is 15.9 Å². The Morgan fingerprint density at radius 3 is 2.50 bits per heavy atom. The van der Waals surface area contributed by atoms with Gasteiger partial charge >= 0.3 is 0 Å². The molecule has 0 aliphatic rings. The minimum absolute atomic E-state index is 0. The second-order valence-electron chi connectivity index (χ2n) is 2.83. The van der Waals surface area contributed by atoms with Gasteiger partial charge in [-0.05, 0) is 19.1 Å². The molecule has 0 aliphatic carbocycles. The summed E-state index contributed by atoms with van der Waals surface area (Å²) in [4.78, 5) is 0. The normalized spacial score (nSPS) is 11.7. The summed E-state index contributed by atoms with van der Waals surface area (Å²) >= 11 is 3.31. The van der Waals surface area contributed by atoms with E-state index in [4.69, 9.17) is 10.5 Å². The van der Waals surface area contributed by atoms with Crippen molar-refractivity contribution in [3.05, 3.63) is 22.2 Å². The van der Waals surface area contributed by atoms with E-state index in [9.17, 15) is 5.11 Å². The van der Waals surface area contributed by atoms with Crippen LogP contribution in [0.15, 0.2) is 16.6 Å². The largest absolute Gasteiger partial charge is 0.504 e. The maximum atomic E-state index is 9.66. The standard InChI is InChI=1S/C9H12BrNO2.ClH/c1-5(11)7-3-6(10)4-8(13-2)9(7)12;/h3-5,12H,11H2,1-2H3;1H/t5-;/m1./s1. The number of ether oxygens (including phenoxy) is 1. The Morgan fingerprint density at radius 2 is 2.07 bits per heavy atom. The third-order valence-corrected chi connectivity index (χ3v) is 2.24. The lowest BCUT2D eigenvalue weighted by Crippen LogP contribution is -2.05. The zero-order valence-corrected chi connectivity index (χ0v) is 10.4. The lowest BCUT2D eigenvalue weighted by atomic mass is 10.1. The number of phenolic OH excluding ortho intramolecular Hbond substituents is 1. The molecule has 0 bridgehead atoms. The summed E-state index contributed by atoms with van der Waals surface area (Å²) in [5.41, 5.74) is 6.34. The Kier molecular flexibility index (Phi) is 5.26. The Bertz CT molecular complexity index is 318. The highest BCUT2D eigenvalue weighted by molar-refractivity contribution is 9.10. The Labute approximate surface area is 97.8 Å². The van der Waals surface area contributed by atoms with Crippen LogP contribution in [0.25, 0.3) is 0 Å². The van der Waals surface area contributed by atoms with Gasteiger partial charge in [-0.25, -0.2) is 0 Å². The van der Waals surface area contributed by atoms with Gasteiger partial charge in [0.2, 0.25) is 0 Å². The SMILES string of the molecule is COc1cc(Br)cc([C@@H](C)N)c1O.Cl. The molecule has 3 N–H and O–H groups in total. The summed E-state index contributed by atoms with van der Waals surface area (Å²) in [6, 6.07) is 3.26. The molecule has 1 rings (SSSR count). The van der Waals surface area contributed by atoms with Gasteiger partial charge in [0.1, 0.15) is 0 Å². The van der Waals surface area contributed by atoms with E-state index in [1.165, 1.54) is 7.11 Å². The van der Waals surface area contributed by atoms with Crippen LogP contribution in [0.2, 0.25) is 0 Å². The van der Waals surface area contributed by atoms with Gasteiger partial charge in [0.05, 0.1) is 7.11 Å². The highest BCUT2D eigenvalue weighted by atomic mass is 79.9. The number of hydrogen-bond acceptors (Lipinski definition) is 3. The van der Waals surface area contributed by atoms with Crippen molar-refractivity contribution >= 4 is 28.3 Å². The predicted molar refractivity (Wildman–Crippen MR) is 62.2 cm³/mol. The van der Waals surface area contributed by atoms with E-state index in [0.29, 0.717) is 11.3 Å². The number of benzene rings is 1. The van der Waals surface area contributed by atoms with Crippen LogP contribution in [0.5, 0.6) is 11.5 Å². The van der Waals surface area contributed by atoms with Gasteiger partial charge in [-0.3, -0.25) is 0 Å². The summed E-state index contributed by atoms with van der Waals surface area (Å²) in [7, 11) is 1.51. The molecular formula is C9H13BrClNO2. The minimum Gasteiger partial charge on any atom is -0.504 e. The molecule has 0 heterocycles. The van der Waals surface area contributed by atoms with Crippen molar-refractivity contribution in [3.8, 4) is 11.5 Å². The molecule has 0 saturated heterocycles. The average molecular weight is 283 g/mol. The molecule has 1 aromatic rings. The van der Waals surface area contributed by atoms with Gasteiger partial charge in [-0.15, -0.1) is 12.4 Å². The first-order valence-electron chi connectivity index (χ1n) is 3.88. The Morgan fingerprint density at radius 1 is 1.50 bits per heavy atom. The van der Waals surface area contributed by atoms with E-state index < -0.39 is 0 Å². The smallest absolute Gasteiger partial charge is 0.162 e. The fraction of sp³-hybridized carbons (Fsp3) is 0.333. The summed E-state index contributed by atoms with van der Waals surface area (Å²) < 4.78 is 5.82. The molecular weight excluding hydrogens is 269 g/mol. The van der Waals surface area contributed by atoms with Gasteiger partial charge in [0.15, 0.2) is 11.5 Å². The van der Waals surface area contributed by atoms with Crippen LogP contribution in [-0.4, -0.2) is 12.2 Å². The van der Waals surface area contributed by atoms with E-state index in [0.717, 1.165) is 4.47 Å². The minimum atomic E-state index is -0.216. The van der Waals surface area contributed by atoms with Crippen LogP contribution in [0.3, 0.4) is 0 Å². The Hall–Kier alpha value is -0.450. The molecule has 14 heavy (non-hydrogen) atoms. The zero-order valence-electron chi connectivity index (χ0n) is 7.95. The van der Waals surface area contributed by atoms with E-state index in [1.807, 2.05) is 0 Å². The fourth-order valence-electron chi connectivity index (χ4n) is 1.10. The van der Waals surface area contributed by atoms with Gasteiger partial charge in [0.25, 0.3) is 0 Å². The van der Waals surface area contributed by atoms with E-state index in [-0.39, 0.29) is 24.2 Å². The lowest BCUT2D eigenvalue weighted by Gasteiger charge is -2.12. The number of nitrogens with two attached hydrogens (primary N) is 1. The van der Waals surface area contributed by atoms with Gasteiger partial charge in [-0.1, -0.05) is 15.9 Å². The molecule has 0 saturated carbocycles. The molecule has 0 unspecified atom stereocenters. The van der Waals surface area contributed by atoms with Crippen molar-refractivity contribution in [2.75, 3.05) is 7.11 Å². The molecule has 1 aromatic carbocycles. The first kappa shape index (κ1) is 13.5. The maximum absolute atomic E-state index is 9.66. The highest BCUT2D eigenvalue weighted by Crippen LogP contribution is 2.35. The molecule has 1 atom stereocenters. The third kappa shape index (κ3) is 2.77. The number of phenols is 1. The van der Waals surface area contributed by atoms with Gasteiger partial charge < -0.3 is 15.6 Å². The van der Waals surface area contributed by atoms with Crippen molar-refractivity contribution in [1.82, 2.24) is 0 Å². The zero-order chi connectivity index (χ0) is 10.0. The molecule has 3 nitrogen and oxygen atoms in total. The summed E-state index contributed by atoms with van der Waals surface area (Å²) in [6.07, 6.45) is 0. The van der Waals surface area contributed by atoms with Crippen LogP contribution < -0.4 is 10.5 Å². The highest BCUT2D eigenvalue weighted by Gasteiger charge is 2.12.